The number of carbonyl (C=O) groups is 4. The largest absolute Gasteiger partial charge is 0.483 e. The summed E-state index contributed by atoms with van der Waals surface area (Å²) in [6, 6.07) is 11.3. The van der Waals surface area contributed by atoms with Crippen molar-refractivity contribution < 1.29 is 23.9 Å². The molecule has 0 radical (unpaired) electrons. The van der Waals surface area contributed by atoms with Crippen molar-refractivity contribution in [2.75, 3.05) is 6.61 Å². The molecule has 0 aromatic heterocycles. The standard InChI is InChI=1S/C26H30N2O5/c1-2-3-4-5-6-7-8-16-22(29)27-28-23(30)17-33-21-15-11-14-20-24(21)26(32)19-13-10-9-12-18(19)25(20)31/h9-15H,2-8,16-17H2,1H3,(H,27,29)(H,28,30). The van der Waals surface area contributed by atoms with E-state index in [1.165, 1.54) is 25.7 Å². The Morgan fingerprint density at radius 3 is 2.06 bits per heavy atom. The molecule has 0 saturated carbocycles. The number of ketones is 2. The zero-order chi connectivity index (χ0) is 23.6. The Labute approximate surface area is 193 Å². The molecule has 0 unspecified atom stereocenters. The van der Waals surface area contributed by atoms with Crippen LogP contribution in [0.4, 0.5) is 0 Å². The van der Waals surface area contributed by atoms with Gasteiger partial charge in [-0.25, -0.2) is 0 Å². The van der Waals surface area contributed by atoms with Crippen molar-refractivity contribution in [3.63, 3.8) is 0 Å². The Balaban J connectivity index is 1.46. The van der Waals surface area contributed by atoms with Crippen molar-refractivity contribution in [2.45, 2.75) is 58.3 Å². The first kappa shape index (κ1) is 24.2. The zero-order valence-corrected chi connectivity index (χ0v) is 18.9. The number of rotatable bonds is 11. The van der Waals surface area contributed by atoms with Crippen LogP contribution in [0.2, 0.25) is 0 Å². The maximum Gasteiger partial charge on any atom is 0.276 e. The average molecular weight is 451 g/mol. The summed E-state index contributed by atoms with van der Waals surface area (Å²) >= 11 is 0. The summed E-state index contributed by atoms with van der Waals surface area (Å²) in [6.07, 6.45) is 8.10. The Morgan fingerprint density at radius 2 is 1.33 bits per heavy atom. The van der Waals surface area contributed by atoms with Gasteiger partial charge in [-0.05, 0) is 12.5 Å². The van der Waals surface area contributed by atoms with Gasteiger partial charge in [-0.15, -0.1) is 0 Å². The molecule has 7 nitrogen and oxygen atoms in total. The highest BCUT2D eigenvalue weighted by Gasteiger charge is 2.32. The monoisotopic (exact) mass is 450 g/mol. The predicted molar refractivity (Wildman–Crippen MR) is 124 cm³/mol. The molecular weight excluding hydrogens is 420 g/mol. The second kappa shape index (κ2) is 11.9. The van der Waals surface area contributed by atoms with Crippen LogP contribution in [0.5, 0.6) is 5.75 Å². The quantitative estimate of drug-likeness (QED) is 0.338. The van der Waals surface area contributed by atoms with E-state index in [9.17, 15) is 19.2 Å². The van der Waals surface area contributed by atoms with Gasteiger partial charge in [0, 0.05) is 23.1 Å². The van der Waals surface area contributed by atoms with Gasteiger partial charge in [0.05, 0.1) is 5.56 Å². The van der Waals surface area contributed by atoms with Gasteiger partial charge in [0.25, 0.3) is 5.91 Å². The van der Waals surface area contributed by atoms with Crippen LogP contribution in [0.15, 0.2) is 42.5 Å². The second-order valence-electron chi connectivity index (χ2n) is 8.14. The van der Waals surface area contributed by atoms with Crippen molar-refractivity contribution in [2.24, 2.45) is 0 Å². The summed E-state index contributed by atoms with van der Waals surface area (Å²) in [7, 11) is 0. The highest BCUT2D eigenvalue weighted by atomic mass is 16.5. The summed E-state index contributed by atoms with van der Waals surface area (Å²) in [5.74, 6) is -1.24. The molecule has 0 atom stereocenters. The maximum atomic E-state index is 12.9. The Hall–Kier alpha value is -3.48. The summed E-state index contributed by atoms with van der Waals surface area (Å²) in [5, 5.41) is 0. The summed E-state index contributed by atoms with van der Waals surface area (Å²) in [6.45, 7) is 1.77. The molecule has 174 valence electrons. The van der Waals surface area contributed by atoms with Crippen molar-refractivity contribution in [1.29, 1.82) is 0 Å². The summed E-state index contributed by atoms with van der Waals surface area (Å²) in [4.78, 5) is 49.7. The maximum absolute atomic E-state index is 12.9. The fraction of sp³-hybridized carbons (Fsp3) is 0.385. The number of carbonyl (C=O) groups excluding carboxylic acids is 4. The SMILES string of the molecule is CCCCCCCCCC(=O)NNC(=O)COc1cccc2c1C(=O)c1ccccc1C2=O. The molecular formula is C26H30N2O5. The van der Waals surface area contributed by atoms with E-state index in [2.05, 4.69) is 17.8 Å². The lowest BCUT2D eigenvalue weighted by molar-refractivity contribution is -0.130. The molecule has 1 aliphatic rings. The first-order valence-electron chi connectivity index (χ1n) is 11.5. The highest BCUT2D eigenvalue weighted by Crippen LogP contribution is 2.33. The van der Waals surface area contributed by atoms with Crippen LogP contribution < -0.4 is 15.6 Å². The van der Waals surface area contributed by atoms with E-state index in [4.69, 9.17) is 4.74 Å². The van der Waals surface area contributed by atoms with Gasteiger partial charge in [-0.3, -0.25) is 30.0 Å². The van der Waals surface area contributed by atoms with Gasteiger partial charge in [0.1, 0.15) is 5.75 Å². The summed E-state index contributed by atoms with van der Waals surface area (Å²) < 4.78 is 5.54. The molecule has 0 spiro atoms. The fourth-order valence-corrected chi connectivity index (χ4v) is 3.86. The van der Waals surface area contributed by atoms with Crippen LogP contribution in [0.25, 0.3) is 0 Å². The van der Waals surface area contributed by atoms with Crippen molar-refractivity contribution >= 4 is 23.4 Å². The minimum atomic E-state index is -0.560. The average Bonchev–Trinajstić information content (AvgIpc) is 2.84. The van der Waals surface area contributed by atoms with Crippen LogP contribution in [-0.2, 0) is 9.59 Å². The number of unbranched alkanes of at least 4 members (excludes halogenated alkanes) is 6. The van der Waals surface area contributed by atoms with E-state index in [0.29, 0.717) is 17.5 Å². The minimum Gasteiger partial charge on any atom is -0.483 e. The molecule has 2 N–H and O–H groups in total. The van der Waals surface area contributed by atoms with Crippen molar-refractivity contribution in [3.05, 3.63) is 64.7 Å². The normalized spacial score (nSPS) is 12.0. The third-order valence-corrected chi connectivity index (χ3v) is 5.62. The van der Waals surface area contributed by atoms with Crippen molar-refractivity contribution in [1.82, 2.24) is 10.9 Å². The highest BCUT2D eigenvalue weighted by molar-refractivity contribution is 6.29. The zero-order valence-electron chi connectivity index (χ0n) is 18.9. The molecule has 2 amide bonds. The molecule has 0 fully saturated rings. The van der Waals surface area contributed by atoms with Crippen LogP contribution in [-0.4, -0.2) is 30.0 Å². The number of nitrogens with one attached hydrogen (secondary N) is 2. The second-order valence-corrected chi connectivity index (χ2v) is 8.14. The number of hydrazine groups is 1. The van der Waals surface area contributed by atoms with Gasteiger partial charge >= 0.3 is 0 Å². The molecule has 0 aliphatic heterocycles. The van der Waals surface area contributed by atoms with Crippen LogP contribution in [0.1, 0.15) is 90.1 Å². The lowest BCUT2D eigenvalue weighted by Crippen LogP contribution is -2.43. The molecule has 0 heterocycles. The van der Waals surface area contributed by atoms with E-state index in [1.807, 2.05) is 0 Å². The number of hydrogen-bond donors (Lipinski definition) is 2. The molecule has 1 aliphatic carbocycles. The molecule has 0 bridgehead atoms. The van der Waals surface area contributed by atoms with Crippen LogP contribution >= 0.6 is 0 Å². The predicted octanol–water partition coefficient (Wildman–Crippen LogP) is 4.13. The van der Waals surface area contributed by atoms with Gasteiger partial charge in [0.15, 0.2) is 18.2 Å². The minimum absolute atomic E-state index is 0.150. The lowest BCUT2D eigenvalue weighted by Gasteiger charge is -2.20. The molecule has 0 saturated heterocycles. The first-order chi connectivity index (χ1) is 16.0. The molecule has 2 aromatic rings. The van der Waals surface area contributed by atoms with E-state index in [0.717, 1.165) is 19.3 Å². The first-order valence-corrected chi connectivity index (χ1v) is 11.5. The number of fused-ring (bicyclic) bond motifs is 2. The van der Waals surface area contributed by atoms with E-state index < -0.39 is 12.5 Å². The molecule has 33 heavy (non-hydrogen) atoms. The topological polar surface area (TPSA) is 102 Å². The smallest absolute Gasteiger partial charge is 0.276 e. The number of benzene rings is 2. The molecule has 7 heteroatoms. The number of ether oxygens (including phenoxy) is 1. The van der Waals surface area contributed by atoms with Crippen LogP contribution in [0, 0.1) is 0 Å². The fourth-order valence-electron chi connectivity index (χ4n) is 3.86. The Morgan fingerprint density at radius 1 is 0.727 bits per heavy atom. The van der Waals surface area contributed by atoms with Crippen LogP contribution in [0.3, 0.4) is 0 Å². The summed E-state index contributed by atoms with van der Waals surface area (Å²) in [5.41, 5.74) is 5.77. The molecule has 2 aromatic carbocycles. The Bertz CT molecular complexity index is 1030. The van der Waals surface area contributed by atoms with E-state index in [1.54, 1.807) is 42.5 Å². The lowest BCUT2D eigenvalue weighted by atomic mass is 9.83. The Kier molecular flexibility index (Phi) is 8.75. The number of hydrogen-bond acceptors (Lipinski definition) is 5. The third-order valence-electron chi connectivity index (χ3n) is 5.62. The van der Waals surface area contributed by atoms with Gasteiger partial charge < -0.3 is 4.74 Å². The van der Waals surface area contributed by atoms with E-state index in [-0.39, 0.29) is 34.4 Å². The number of amides is 2. The van der Waals surface area contributed by atoms with Crippen molar-refractivity contribution in [3.8, 4) is 5.75 Å². The van der Waals surface area contributed by atoms with E-state index >= 15 is 0 Å². The van der Waals surface area contributed by atoms with Gasteiger partial charge in [-0.2, -0.15) is 0 Å². The van der Waals surface area contributed by atoms with Gasteiger partial charge in [0.2, 0.25) is 5.91 Å². The van der Waals surface area contributed by atoms with Gasteiger partial charge in [-0.1, -0.05) is 81.8 Å². The third kappa shape index (κ3) is 6.28. The molecule has 3 rings (SSSR count).